The van der Waals surface area contributed by atoms with Crippen molar-refractivity contribution in [3.8, 4) is 0 Å². The molecule has 0 heterocycles. The fraction of sp³-hybridized carbons (Fsp3) is 0.909. The molecule has 5 rings (SSSR count). The van der Waals surface area contributed by atoms with Crippen LogP contribution in [0.2, 0.25) is 0 Å². The Hall–Kier alpha value is -0.130. The molecule has 2 unspecified atom stereocenters. The highest BCUT2D eigenvalue weighted by Gasteiger charge is 2.72. The zero-order chi connectivity index (χ0) is 24.9. The fourth-order valence-electron chi connectivity index (χ4n) is 12.2. The third-order valence-corrected chi connectivity index (χ3v) is 15.1. The van der Waals surface area contributed by atoms with E-state index in [1.807, 2.05) is 0 Å². The van der Waals surface area contributed by atoms with Gasteiger partial charge in [0, 0.05) is 5.25 Å². The molecule has 0 N–H and O–H groups in total. The molecule has 5 fully saturated rings. The van der Waals surface area contributed by atoms with Gasteiger partial charge in [-0.3, -0.25) is 0 Å². The smallest absolute Gasteiger partial charge is 0.00767 e. The van der Waals surface area contributed by atoms with Crippen LogP contribution in [0.1, 0.15) is 113 Å². The quantitative estimate of drug-likeness (QED) is 0.279. The standard InChI is InChI=1S/C33H54S/c1-10-11-23-20-24-27-22(3)21(2)12-16-30(27,6)18-19-31(24,7)32(8)17-13-25-29(4,5)15-14-26(34)33(25,9)28(23)32/h11,21-28,34H,1,12-20H2,2-9H3/t21-,22+,23?,24-,25+,26?,27+,28+,30-,31-,32-,33-/m1/s1. The molecule has 0 amide bonds. The molecule has 0 spiro atoms. The SMILES string of the molecule is C=C=CC1C[C@@H]2[C@@H]3[C@@H](C)[C@H](C)CC[C@]3(C)CC[C@@]2(C)[C@]2(C)CC[C@H]3C(C)(C)CCC(S)[C@]3(C)[C@@H]12. The molecule has 0 nitrogen and oxygen atoms in total. The molecule has 12 atom stereocenters. The number of hydrogen-bond donors (Lipinski definition) is 1. The van der Waals surface area contributed by atoms with Crippen molar-refractivity contribution in [3.63, 3.8) is 0 Å². The van der Waals surface area contributed by atoms with E-state index in [2.05, 4.69) is 73.8 Å². The molecule has 1 heteroatoms. The zero-order valence-electron chi connectivity index (χ0n) is 23.7. The van der Waals surface area contributed by atoms with Crippen LogP contribution in [0.3, 0.4) is 0 Å². The van der Waals surface area contributed by atoms with E-state index in [-0.39, 0.29) is 5.41 Å². The molecule has 0 aromatic heterocycles. The molecule has 0 saturated heterocycles. The number of allylic oxidation sites excluding steroid dienone is 1. The minimum atomic E-state index is 0.288. The molecule has 0 radical (unpaired) electrons. The molecular formula is C33H54S. The summed E-state index contributed by atoms with van der Waals surface area (Å²) < 4.78 is 0. The summed E-state index contributed by atoms with van der Waals surface area (Å²) in [6.45, 7) is 25.3. The van der Waals surface area contributed by atoms with Crippen molar-refractivity contribution < 1.29 is 0 Å². The second-order valence-electron chi connectivity index (χ2n) is 15.7. The van der Waals surface area contributed by atoms with Crippen LogP contribution in [0.25, 0.3) is 0 Å². The number of thiol groups is 1. The van der Waals surface area contributed by atoms with Gasteiger partial charge in [-0.25, -0.2) is 0 Å². The average Bonchev–Trinajstić information content (AvgIpc) is 2.76. The van der Waals surface area contributed by atoms with Crippen LogP contribution in [0.5, 0.6) is 0 Å². The van der Waals surface area contributed by atoms with E-state index in [1.165, 1.54) is 57.8 Å². The Labute approximate surface area is 217 Å². The Balaban J connectivity index is 1.66. The van der Waals surface area contributed by atoms with Crippen LogP contribution in [0.4, 0.5) is 0 Å². The van der Waals surface area contributed by atoms with E-state index < -0.39 is 0 Å². The summed E-state index contributed by atoms with van der Waals surface area (Å²) in [5, 5.41) is 0.512. The minimum Gasteiger partial charge on any atom is -0.175 e. The third-order valence-electron chi connectivity index (χ3n) is 14.3. The maximum atomic E-state index is 5.42. The molecule has 0 bridgehead atoms. The van der Waals surface area contributed by atoms with Gasteiger partial charge in [0.15, 0.2) is 0 Å². The summed E-state index contributed by atoms with van der Waals surface area (Å²) in [4.78, 5) is 0. The predicted octanol–water partition coefficient (Wildman–Crippen LogP) is 9.61. The second kappa shape index (κ2) is 7.93. The van der Waals surface area contributed by atoms with Crippen LogP contribution in [0, 0.1) is 68.5 Å². The Morgan fingerprint density at radius 1 is 0.853 bits per heavy atom. The molecule has 0 aliphatic heterocycles. The maximum Gasteiger partial charge on any atom is 0.00767 e. The van der Waals surface area contributed by atoms with Gasteiger partial charge in [0.1, 0.15) is 0 Å². The lowest BCUT2D eigenvalue weighted by atomic mass is 9.30. The zero-order valence-corrected chi connectivity index (χ0v) is 24.6. The highest BCUT2D eigenvalue weighted by molar-refractivity contribution is 7.81. The van der Waals surface area contributed by atoms with Gasteiger partial charge >= 0.3 is 0 Å². The summed E-state index contributed by atoms with van der Waals surface area (Å²) in [6.07, 6.45) is 15.0. The van der Waals surface area contributed by atoms with Gasteiger partial charge in [0.2, 0.25) is 0 Å². The van der Waals surface area contributed by atoms with Gasteiger partial charge in [-0.1, -0.05) is 62.0 Å². The fourth-order valence-corrected chi connectivity index (χ4v) is 12.6. The first-order chi connectivity index (χ1) is 15.8. The number of hydrogen-bond acceptors (Lipinski definition) is 1. The van der Waals surface area contributed by atoms with E-state index in [9.17, 15) is 0 Å². The molecule has 5 aliphatic rings. The molecule has 34 heavy (non-hydrogen) atoms. The first kappa shape index (κ1) is 25.5. The summed E-state index contributed by atoms with van der Waals surface area (Å²) in [5.74, 6) is 5.48. The Bertz CT molecular complexity index is 866. The number of fused-ring (bicyclic) bond motifs is 7. The highest BCUT2D eigenvalue weighted by Crippen LogP contribution is 2.78. The highest BCUT2D eigenvalue weighted by atomic mass is 32.1. The molecule has 5 saturated carbocycles. The van der Waals surface area contributed by atoms with Crippen LogP contribution < -0.4 is 0 Å². The van der Waals surface area contributed by atoms with E-state index in [0.717, 1.165) is 29.6 Å². The van der Waals surface area contributed by atoms with Crippen molar-refractivity contribution in [1.29, 1.82) is 0 Å². The van der Waals surface area contributed by atoms with Gasteiger partial charge < -0.3 is 0 Å². The van der Waals surface area contributed by atoms with Crippen LogP contribution >= 0.6 is 12.6 Å². The average molecular weight is 483 g/mol. The van der Waals surface area contributed by atoms with Gasteiger partial charge in [-0.2, -0.15) is 12.6 Å². The van der Waals surface area contributed by atoms with Crippen LogP contribution in [0.15, 0.2) is 18.4 Å². The Morgan fingerprint density at radius 3 is 2.24 bits per heavy atom. The molecule has 192 valence electrons. The molecule has 0 aromatic rings. The van der Waals surface area contributed by atoms with Crippen molar-refractivity contribution in [2.45, 2.75) is 118 Å². The second-order valence-corrected chi connectivity index (χ2v) is 16.4. The first-order valence-electron chi connectivity index (χ1n) is 14.8. The van der Waals surface area contributed by atoms with Crippen LogP contribution in [-0.4, -0.2) is 5.25 Å². The van der Waals surface area contributed by atoms with E-state index in [4.69, 9.17) is 12.6 Å². The normalized spacial score (nSPS) is 58.4. The van der Waals surface area contributed by atoms with E-state index in [1.54, 1.807) is 0 Å². The van der Waals surface area contributed by atoms with Crippen molar-refractivity contribution in [2.24, 2.45) is 68.5 Å². The number of rotatable bonds is 1. The molecular weight excluding hydrogens is 428 g/mol. The first-order valence-corrected chi connectivity index (χ1v) is 15.3. The summed E-state index contributed by atoms with van der Waals surface area (Å²) in [7, 11) is 0. The van der Waals surface area contributed by atoms with Gasteiger partial charge in [0.25, 0.3) is 0 Å². The maximum absolute atomic E-state index is 5.42. The van der Waals surface area contributed by atoms with Crippen molar-refractivity contribution in [3.05, 3.63) is 18.4 Å². The Morgan fingerprint density at radius 2 is 1.56 bits per heavy atom. The lowest BCUT2D eigenvalue weighted by molar-refractivity contribution is -0.257. The summed E-state index contributed by atoms with van der Waals surface area (Å²) in [6, 6.07) is 0. The largest absolute Gasteiger partial charge is 0.175 e. The van der Waals surface area contributed by atoms with Crippen molar-refractivity contribution in [1.82, 2.24) is 0 Å². The van der Waals surface area contributed by atoms with Crippen molar-refractivity contribution in [2.75, 3.05) is 0 Å². The van der Waals surface area contributed by atoms with Gasteiger partial charge in [-0.05, 0) is 132 Å². The van der Waals surface area contributed by atoms with Gasteiger partial charge in [0.05, 0.1) is 0 Å². The summed E-state index contributed by atoms with van der Waals surface area (Å²) >= 11 is 5.42. The predicted molar refractivity (Wildman–Crippen MR) is 150 cm³/mol. The van der Waals surface area contributed by atoms with E-state index in [0.29, 0.717) is 38.7 Å². The Kier molecular flexibility index (Phi) is 5.95. The van der Waals surface area contributed by atoms with Crippen molar-refractivity contribution >= 4 is 12.6 Å². The molecule has 0 aromatic carbocycles. The lowest BCUT2D eigenvalue weighted by Crippen LogP contribution is -2.70. The van der Waals surface area contributed by atoms with Gasteiger partial charge in [-0.15, -0.1) is 5.73 Å². The molecule has 5 aliphatic carbocycles. The minimum absolute atomic E-state index is 0.288. The van der Waals surface area contributed by atoms with Crippen LogP contribution in [-0.2, 0) is 0 Å². The van der Waals surface area contributed by atoms with E-state index >= 15 is 0 Å². The summed E-state index contributed by atoms with van der Waals surface area (Å²) in [5.41, 5.74) is 5.40. The topological polar surface area (TPSA) is 0 Å². The third kappa shape index (κ3) is 3.11. The monoisotopic (exact) mass is 482 g/mol. The lowest BCUT2D eigenvalue weighted by Gasteiger charge is -2.75.